The van der Waals surface area contributed by atoms with Gasteiger partial charge in [0, 0.05) is 17.7 Å². The van der Waals surface area contributed by atoms with Crippen LogP contribution in [0, 0.1) is 18.5 Å². The molecule has 0 atom stereocenters. The van der Waals surface area contributed by atoms with Gasteiger partial charge < -0.3 is 4.42 Å². The predicted molar refractivity (Wildman–Crippen MR) is 148 cm³/mol. The van der Waals surface area contributed by atoms with E-state index in [1.54, 1.807) is 12.3 Å². The maximum atomic E-state index is 13.0. The van der Waals surface area contributed by atoms with Crippen LogP contribution in [0.2, 0.25) is 0 Å². The van der Waals surface area contributed by atoms with Crippen molar-refractivity contribution >= 4 is 36.2 Å². The lowest BCUT2D eigenvalue weighted by atomic mass is 9.83. The summed E-state index contributed by atoms with van der Waals surface area (Å²) in [5.74, 6) is -0.238. The quantitative estimate of drug-likeness (QED) is 0.274. The molecule has 6 rings (SSSR count). The van der Waals surface area contributed by atoms with E-state index in [0.29, 0.717) is 10.4 Å². The SMILES string of the molecule is Cc1ccc2c(c1)C=Cc1cc(C)ccc1C2c1cn(Cc2ccc(C(=O)Nc3nn[nH]n3)o2)c(=O)[nH]c1=S. The van der Waals surface area contributed by atoms with Crippen molar-refractivity contribution in [3.63, 3.8) is 0 Å². The highest BCUT2D eigenvalue weighted by Gasteiger charge is 2.26. The molecule has 0 spiro atoms. The number of aromatic amines is 2. The van der Waals surface area contributed by atoms with Crippen LogP contribution < -0.4 is 11.0 Å². The minimum Gasteiger partial charge on any atom is -0.454 e. The van der Waals surface area contributed by atoms with Gasteiger partial charge in [-0.2, -0.15) is 5.21 Å². The van der Waals surface area contributed by atoms with Crippen LogP contribution in [0.1, 0.15) is 61.2 Å². The second kappa shape index (κ2) is 9.76. The van der Waals surface area contributed by atoms with Gasteiger partial charge in [0.05, 0.1) is 6.54 Å². The van der Waals surface area contributed by atoms with Crippen molar-refractivity contribution in [3.8, 4) is 0 Å². The monoisotopic (exact) mass is 537 g/mol. The Hall–Kier alpha value is -4.90. The zero-order valence-electron chi connectivity index (χ0n) is 21.1. The zero-order valence-corrected chi connectivity index (χ0v) is 21.9. The summed E-state index contributed by atoms with van der Waals surface area (Å²) in [5.41, 5.74) is 7.14. The average molecular weight is 538 g/mol. The van der Waals surface area contributed by atoms with Crippen LogP contribution in [0.3, 0.4) is 0 Å². The molecular formula is C28H23N7O3S. The topological polar surface area (TPSA) is 134 Å². The molecule has 39 heavy (non-hydrogen) atoms. The highest BCUT2D eigenvalue weighted by atomic mass is 32.1. The Morgan fingerprint density at radius 2 is 1.72 bits per heavy atom. The largest absolute Gasteiger partial charge is 0.454 e. The van der Waals surface area contributed by atoms with E-state index in [1.807, 2.05) is 0 Å². The summed E-state index contributed by atoms with van der Waals surface area (Å²) in [6, 6.07) is 15.9. The molecule has 3 aromatic heterocycles. The first-order valence-corrected chi connectivity index (χ1v) is 12.6. The molecular weight excluding hydrogens is 514 g/mol. The second-order valence-electron chi connectivity index (χ2n) is 9.46. The van der Waals surface area contributed by atoms with Crippen LogP contribution >= 0.6 is 12.2 Å². The number of fused-ring (bicyclic) bond motifs is 2. The first-order chi connectivity index (χ1) is 18.9. The molecule has 3 heterocycles. The number of anilines is 1. The standard InChI is InChI=1S/C28H23N7O3S/c1-15-3-8-20-17(11-15)5-6-18-12-16(2)4-9-21(18)24(20)22-14-35(28(37)30-26(22)39)13-19-7-10-23(38-19)25(36)29-27-31-33-34-32-27/h3-12,14,24H,13H2,1-2H3,(H,30,37,39)(H2,29,31,32,33,34,36). The minimum atomic E-state index is -0.534. The fourth-order valence-electron chi connectivity index (χ4n) is 4.86. The third-order valence-electron chi connectivity index (χ3n) is 6.68. The number of nitrogens with zero attached hydrogens (tertiary/aromatic N) is 4. The Morgan fingerprint density at radius 1 is 1.03 bits per heavy atom. The molecule has 194 valence electrons. The molecule has 2 aromatic carbocycles. The molecule has 10 nitrogen and oxygen atoms in total. The molecule has 0 unspecified atom stereocenters. The van der Waals surface area contributed by atoms with Crippen molar-refractivity contribution < 1.29 is 9.21 Å². The van der Waals surface area contributed by atoms with Crippen molar-refractivity contribution in [1.29, 1.82) is 0 Å². The van der Waals surface area contributed by atoms with Crippen molar-refractivity contribution in [1.82, 2.24) is 30.2 Å². The molecule has 0 saturated carbocycles. The maximum absolute atomic E-state index is 13.0. The van der Waals surface area contributed by atoms with Crippen LogP contribution in [0.25, 0.3) is 12.2 Å². The molecule has 0 saturated heterocycles. The summed E-state index contributed by atoms with van der Waals surface area (Å²) < 4.78 is 7.60. The fourth-order valence-corrected chi connectivity index (χ4v) is 5.12. The number of benzene rings is 2. The van der Waals surface area contributed by atoms with Gasteiger partial charge in [-0.15, -0.1) is 5.10 Å². The number of hydrogen-bond acceptors (Lipinski definition) is 7. The van der Waals surface area contributed by atoms with E-state index in [9.17, 15) is 9.59 Å². The van der Waals surface area contributed by atoms with Gasteiger partial charge in [0.15, 0.2) is 5.76 Å². The number of aromatic nitrogens is 6. The highest BCUT2D eigenvalue weighted by Crippen LogP contribution is 2.39. The van der Waals surface area contributed by atoms with E-state index in [-0.39, 0.29) is 29.9 Å². The van der Waals surface area contributed by atoms with Gasteiger partial charge in [-0.25, -0.2) is 4.79 Å². The van der Waals surface area contributed by atoms with E-state index in [1.165, 1.54) is 10.6 Å². The van der Waals surface area contributed by atoms with Crippen LogP contribution in [-0.4, -0.2) is 36.1 Å². The Balaban J connectivity index is 1.40. The van der Waals surface area contributed by atoms with E-state index in [4.69, 9.17) is 16.6 Å². The maximum Gasteiger partial charge on any atom is 0.326 e. The molecule has 11 heteroatoms. The van der Waals surface area contributed by atoms with Crippen LogP contribution in [0.4, 0.5) is 5.95 Å². The van der Waals surface area contributed by atoms with Gasteiger partial charge in [-0.05, 0) is 53.4 Å². The number of furan rings is 1. The molecule has 0 aliphatic heterocycles. The average Bonchev–Trinajstić information content (AvgIpc) is 3.57. The summed E-state index contributed by atoms with van der Waals surface area (Å²) in [6.45, 7) is 4.23. The molecule has 1 aliphatic carbocycles. The Labute approximate surface area is 227 Å². The molecule has 5 aromatic rings. The zero-order chi connectivity index (χ0) is 27.1. The highest BCUT2D eigenvalue weighted by molar-refractivity contribution is 7.71. The van der Waals surface area contributed by atoms with Gasteiger partial charge in [-0.3, -0.25) is 19.7 Å². The third-order valence-corrected chi connectivity index (χ3v) is 7.02. The van der Waals surface area contributed by atoms with Crippen molar-refractivity contribution in [2.24, 2.45) is 0 Å². The summed E-state index contributed by atoms with van der Waals surface area (Å²) >= 11 is 5.71. The van der Waals surface area contributed by atoms with Gasteiger partial charge in [0.1, 0.15) is 10.4 Å². The van der Waals surface area contributed by atoms with Gasteiger partial charge >= 0.3 is 5.69 Å². The first-order valence-electron chi connectivity index (χ1n) is 12.2. The van der Waals surface area contributed by atoms with Gasteiger partial charge in [-0.1, -0.05) is 77.0 Å². The number of hydrogen-bond donors (Lipinski definition) is 3. The minimum absolute atomic E-state index is 0.0262. The van der Waals surface area contributed by atoms with Gasteiger partial charge in [0.25, 0.3) is 11.9 Å². The van der Waals surface area contributed by atoms with Crippen molar-refractivity contribution in [3.05, 3.63) is 120 Å². The molecule has 1 amide bonds. The van der Waals surface area contributed by atoms with Crippen LogP contribution in [-0.2, 0) is 6.54 Å². The number of rotatable bonds is 5. The van der Waals surface area contributed by atoms with E-state index in [0.717, 1.165) is 38.9 Å². The molecule has 0 fully saturated rings. The van der Waals surface area contributed by atoms with Crippen molar-refractivity contribution in [2.75, 3.05) is 5.32 Å². The number of tetrazole rings is 1. The number of carbonyl (C=O) groups is 1. The summed E-state index contributed by atoms with van der Waals surface area (Å²) in [4.78, 5) is 28.2. The Bertz CT molecular complexity index is 1810. The number of carbonyl (C=O) groups excluding carboxylic acids is 1. The normalized spacial score (nSPS) is 12.6. The van der Waals surface area contributed by atoms with Gasteiger partial charge in [0.2, 0.25) is 0 Å². The number of amides is 1. The second-order valence-corrected chi connectivity index (χ2v) is 9.87. The smallest absolute Gasteiger partial charge is 0.326 e. The summed E-state index contributed by atoms with van der Waals surface area (Å²) in [6.07, 6.45) is 6.05. The first kappa shape index (κ1) is 24.4. The molecule has 0 radical (unpaired) electrons. The van der Waals surface area contributed by atoms with E-state index >= 15 is 0 Å². The number of H-pyrrole nitrogens is 2. The lowest BCUT2D eigenvalue weighted by Crippen LogP contribution is -2.25. The lowest BCUT2D eigenvalue weighted by molar-refractivity contribution is 0.0994. The van der Waals surface area contributed by atoms with Crippen LogP contribution in [0.15, 0.2) is 63.9 Å². The summed E-state index contributed by atoms with van der Waals surface area (Å²) in [7, 11) is 0. The Kier molecular flexibility index (Phi) is 6.12. The number of nitrogens with one attached hydrogen (secondary N) is 3. The molecule has 0 bridgehead atoms. The molecule has 1 aliphatic rings. The van der Waals surface area contributed by atoms with E-state index in [2.05, 4.69) is 93.3 Å². The van der Waals surface area contributed by atoms with E-state index < -0.39 is 5.91 Å². The predicted octanol–water partition coefficient (Wildman–Crippen LogP) is 4.59. The third kappa shape index (κ3) is 4.75. The summed E-state index contributed by atoms with van der Waals surface area (Å²) in [5, 5.41) is 15.5. The van der Waals surface area contributed by atoms with Crippen molar-refractivity contribution in [2.45, 2.75) is 26.3 Å². The number of aryl methyl sites for hydroxylation is 2. The van der Waals surface area contributed by atoms with Crippen LogP contribution in [0.5, 0.6) is 0 Å². The fraction of sp³-hybridized carbons (Fsp3) is 0.143. The molecule has 3 N–H and O–H groups in total. The Morgan fingerprint density at radius 3 is 2.36 bits per heavy atom. The lowest BCUT2D eigenvalue weighted by Gasteiger charge is -2.22.